The first-order chi connectivity index (χ1) is 17.4. The molecule has 1 N–H and O–H groups in total. The van der Waals surface area contributed by atoms with Crippen molar-refractivity contribution in [3.8, 4) is 5.75 Å². The van der Waals surface area contributed by atoms with Gasteiger partial charge in [0.1, 0.15) is 18.3 Å². The zero-order chi connectivity index (χ0) is 27.8. The minimum Gasteiger partial charge on any atom is -0.495 e. The molecule has 0 bridgehead atoms. The maximum Gasteiger partial charge on any atom is 0.244 e. The Kier molecular flexibility index (Phi) is 11.8. The van der Waals surface area contributed by atoms with Gasteiger partial charge in [0.05, 0.1) is 19.1 Å². The highest BCUT2D eigenvalue weighted by molar-refractivity contribution is 7.92. The monoisotopic (exact) mass is 591 g/mol. The van der Waals surface area contributed by atoms with Crippen LogP contribution in [-0.2, 0) is 26.2 Å². The van der Waals surface area contributed by atoms with E-state index in [1.54, 1.807) is 31.2 Å². The molecule has 0 aromatic heterocycles. The van der Waals surface area contributed by atoms with Gasteiger partial charge in [0.15, 0.2) is 0 Å². The fourth-order valence-electron chi connectivity index (χ4n) is 3.73. The molecule has 12 heteroatoms. The second-order valence-corrected chi connectivity index (χ2v) is 11.5. The molecule has 0 aliphatic carbocycles. The Labute approximate surface area is 233 Å². The van der Waals surface area contributed by atoms with Crippen LogP contribution in [0.2, 0.25) is 15.1 Å². The number of ether oxygens (including phenoxy) is 1. The molecule has 0 spiro atoms. The molecular formula is C25H32Cl3N3O5S. The molecule has 37 heavy (non-hydrogen) atoms. The molecule has 8 nitrogen and oxygen atoms in total. The van der Waals surface area contributed by atoms with Gasteiger partial charge in [-0.25, -0.2) is 8.42 Å². The molecule has 2 aromatic carbocycles. The highest BCUT2D eigenvalue weighted by Crippen LogP contribution is 2.33. The summed E-state index contributed by atoms with van der Waals surface area (Å²) in [6.45, 7) is 3.53. The van der Waals surface area contributed by atoms with E-state index >= 15 is 0 Å². The van der Waals surface area contributed by atoms with E-state index in [-0.39, 0.29) is 35.3 Å². The van der Waals surface area contributed by atoms with E-state index in [9.17, 15) is 18.0 Å². The van der Waals surface area contributed by atoms with Gasteiger partial charge in [0.25, 0.3) is 0 Å². The Morgan fingerprint density at radius 1 is 1.08 bits per heavy atom. The van der Waals surface area contributed by atoms with E-state index in [0.29, 0.717) is 22.2 Å². The van der Waals surface area contributed by atoms with Crippen LogP contribution in [0.4, 0.5) is 5.69 Å². The van der Waals surface area contributed by atoms with Crippen molar-refractivity contribution in [2.45, 2.75) is 45.7 Å². The van der Waals surface area contributed by atoms with Crippen LogP contribution in [0.5, 0.6) is 5.75 Å². The molecule has 2 rings (SSSR count). The predicted octanol–water partition coefficient (Wildman–Crippen LogP) is 5.15. The molecule has 0 fully saturated rings. The van der Waals surface area contributed by atoms with Crippen molar-refractivity contribution in [3.05, 3.63) is 57.0 Å². The van der Waals surface area contributed by atoms with Gasteiger partial charge >= 0.3 is 0 Å². The number of carbonyl (C=O) groups excluding carboxylic acids is 2. The first-order valence-corrected chi connectivity index (χ1v) is 14.7. The van der Waals surface area contributed by atoms with Crippen LogP contribution in [0.15, 0.2) is 36.4 Å². The number of nitrogens with zero attached hydrogens (tertiary/aromatic N) is 2. The van der Waals surface area contributed by atoms with Crippen LogP contribution in [0.25, 0.3) is 0 Å². The molecule has 2 aromatic rings. The summed E-state index contributed by atoms with van der Waals surface area (Å²) >= 11 is 18.9. The Hall–Kier alpha value is -2.20. The summed E-state index contributed by atoms with van der Waals surface area (Å²) in [6.07, 6.45) is 2.93. The summed E-state index contributed by atoms with van der Waals surface area (Å²) < 4.78 is 31.9. The van der Waals surface area contributed by atoms with Gasteiger partial charge in [-0.2, -0.15) is 0 Å². The lowest BCUT2D eigenvalue weighted by atomic mass is 10.1. The smallest absolute Gasteiger partial charge is 0.244 e. The molecule has 0 saturated heterocycles. The predicted molar refractivity (Wildman–Crippen MR) is 149 cm³/mol. The van der Waals surface area contributed by atoms with Gasteiger partial charge in [-0.1, -0.05) is 61.1 Å². The highest BCUT2D eigenvalue weighted by Gasteiger charge is 2.33. The van der Waals surface area contributed by atoms with Gasteiger partial charge in [0.2, 0.25) is 21.8 Å². The van der Waals surface area contributed by atoms with E-state index < -0.39 is 28.5 Å². The van der Waals surface area contributed by atoms with Gasteiger partial charge in [0, 0.05) is 33.7 Å². The highest BCUT2D eigenvalue weighted by atomic mass is 35.5. The van der Waals surface area contributed by atoms with Crippen molar-refractivity contribution in [2.75, 3.05) is 30.8 Å². The maximum atomic E-state index is 13.8. The van der Waals surface area contributed by atoms with E-state index in [2.05, 4.69) is 5.32 Å². The van der Waals surface area contributed by atoms with Crippen molar-refractivity contribution in [1.82, 2.24) is 10.2 Å². The average Bonchev–Trinajstić information content (AvgIpc) is 2.83. The van der Waals surface area contributed by atoms with Crippen LogP contribution < -0.4 is 14.4 Å². The minimum absolute atomic E-state index is 0.0959. The van der Waals surface area contributed by atoms with Crippen LogP contribution in [0.3, 0.4) is 0 Å². The lowest BCUT2D eigenvalue weighted by molar-refractivity contribution is -0.140. The van der Waals surface area contributed by atoms with Gasteiger partial charge in [-0.05, 0) is 43.2 Å². The SMILES string of the molecule is CCCCNC(=O)[C@@H](CC)N(Cc1c(Cl)cccc1Cl)C(=O)CN(c1cc(Cl)ccc1OC)S(C)(=O)=O. The van der Waals surface area contributed by atoms with Crippen molar-refractivity contribution in [3.63, 3.8) is 0 Å². The molecular weight excluding hydrogens is 561 g/mol. The molecule has 1 atom stereocenters. The number of amides is 2. The third-order valence-corrected chi connectivity index (χ3v) is 7.76. The van der Waals surface area contributed by atoms with Crippen molar-refractivity contribution < 1.29 is 22.7 Å². The van der Waals surface area contributed by atoms with Crippen molar-refractivity contribution in [1.29, 1.82) is 0 Å². The topological polar surface area (TPSA) is 96.0 Å². The van der Waals surface area contributed by atoms with E-state index in [4.69, 9.17) is 39.5 Å². The largest absolute Gasteiger partial charge is 0.495 e. The number of rotatable bonds is 13. The second-order valence-electron chi connectivity index (χ2n) is 8.38. The molecule has 0 radical (unpaired) electrons. The first kappa shape index (κ1) is 31.0. The number of carbonyl (C=O) groups is 2. The van der Waals surface area contributed by atoms with Crippen LogP contribution in [0.1, 0.15) is 38.7 Å². The third kappa shape index (κ3) is 8.40. The van der Waals surface area contributed by atoms with Crippen molar-refractivity contribution >= 4 is 62.3 Å². The zero-order valence-electron chi connectivity index (χ0n) is 21.3. The quantitative estimate of drug-likeness (QED) is 0.325. The fraction of sp³-hybridized carbons (Fsp3) is 0.440. The molecule has 0 aliphatic rings. The number of hydrogen-bond donors (Lipinski definition) is 1. The fourth-order valence-corrected chi connectivity index (χ4v) is 5.26. The normalized spacial score (nSPS) is 12.1. The van der Waals surface area contributed by atoms with Gasteiger partial charge in [-0.3, -0.25) is 13.9 Å². The van der Waals surface area contributed by atoms with E-state index in [1.165, 1.54) is 24.1 Å². The summed E-state index contributed by atoms with van der Waals surface area (Å²) in [5.41, 5.74) is 0.548. The summed E-state index contributed by atoms with van der Waals surface area (Å²) in [5, 5.41) is 3.76. The zero-order valence-corrected chi connectivity index (χ0v) is 24.3. The molecule has 204 valence electrons. The standard InChI is InChI=1S/C25H32Cl3N3O5S/c1-5-7-13-29-25(33)21(6-2)30(15-18-19(27)9-8-10-20(18)28)24(32)16-31(37(4,34)35)22-14-17(26)11-12-23(22)36-3/h8-12,14,21H,5-7,13,15-16H2,1-4H3,(H,29,33)/t21-/m1/s1. The number of nitrogens with one attached hydrogen (secondary N) is 1. The number of hydrogen-bond acceptors (Lipinski definition) is 5. The molecule has 0 aliphatic heterocycles. The van der Waals surface area contributed by atoms with E-state index in [0.717, 1.165) is 23.4 Å². The number of halogens is 3. The van der Waals surface area contributed by atoms with Crippen LogP contribution in [-0.4, -0.2) is 57.6 Å². The molecule has 0 saturated carbocycles. The Bertz CT molecular complexity index is 1190. The van der Waals surface area contributed by atoms with Crippen LogP contribution in [0, 0.1) is 0 Å². The Morgan fingerprint density at radius 3 is 2.27 bits per heavy atom. The summed E-state index contributed by atoms with van der Waals surface area (Å²) in [5.74, 6) is -0.757. The summed E-state index contributed by atoms with van der Waals surface area (Å²) in [7, 11) is -2.58. The second kappa shape index (κ2) is 14.1. The van der Waals surface area contributed by atoms with Crippen molar-refractivity contribution in [2.24, 2.45) is 0 Å². The number of methoxy groups -OCH3 is 1. The molecule has 0 unspecified atom stereocenters. The maximum absolute atomic E-state index is 13.8. The van der Waals surface area contributed by atoms with Gasteiger partial charge in [-0.15, -0.1) is 0 Å². The lowest BCUT2D eigenvalue weighted by Crippen LogP contribution is -2.52. The van der Waals surface area contributed by atoms with E-state index in [1.807, 2.05) is 6.92 Å². The minimum atomic E-state index is -3.96. The number of sulfonamides is 1. The average molecular weight is 593 g/mol. The Morgan fingerprint density at radius 2 is 1.73 bits per heavy atom. The lowest BCUT2D eigenvalue weighted by Gasteiger charge is -2.33. The molecule has 2 amide bonds. The number of benzene rings is 2. The number of unbranched alkanes of at least 4 members (excludes halogenated alkanes) is 1. The summed E-state index contributed by atoms with van der Waals surface area (Å²) in [6, 6.07) is 8.51. The van der Waals surface area contributed by atoms with Gasteiger partial charge < -0.3 is 15.0 Å². The first-order valence-electron chi connectivity index (χ1n) is 11.8. The molecule has 0 heterocycles. The number of anilines is 1. The third-order valence-electron chi connectivity index (χ3n) is 5.69. The van der Waals surface area contributed by atoms with Crippen LogP contribution >= 0.6 is 34.8 Å². The Balaban J connectivity index is 2.53. The summed E-state index contributed by atoms with van der Waals surface area (Å²) in [4.78, 5) is 28.2.